The Bertz CT molecular complexity index is 987. The Balaban J connectivity index is 1.67. The van der Waals surface area contributed by atoms with Crippen LogP contribution in [0, 0.1) is 0 Å². The molecule has 7 heteroatoms. The first-order valence-corrected chi connectivity index (χ1v) is 9.37. The zero-order valence-electron chi connectivity index (χ0n) is 16.3. The molecular formula is C21H24N4O3. The van der Waals surface area contributed by atoms with E-state index in [1.165, 1.54) is 0 Å². The molecule has 2 heterocycles. The van der Waals surface area contributed by atoms with Crippen LogP contribution >= 0.6 is 0 Å². The maximum absolute atomic E-state index is 12.6. The van der Waals surface area contributed by atoms with E-state index in [4.69, 9.17) is 9.26 Å². The molecule has 0 aliphatic heterocycles. The number of pyridine rings is 1. The highest BCUT2D eigenvalue weighted by molar-refractivity contribution is 5.78. The van der Waals surface area contributed by atoms with E-state index >= 15 is 0 Å². The van der Waals surface area contributed by atoms with Crippen molar-refractivity contribution in [2.45, 2.75) is 39.7 Å². The molecule has 0 radical (unpaired) electrons. The summed E-state index contributed by atoms with van der Waals surface area (Å²) in [6, 6.07) is 13.1. The van der Waals surface area contributed by atoms with Crippen LogP contribution in [0.3, 0.4) is 0 Å². The number of carbonyl (C=O) groups excluding carboxylic acids is 1. The number of hydrogen-bond acceptors (Lipinski definition) is 6. The summed E-state index contributed by atoms with van der Waals surface area (Å²) in [5, 5.41) is 4.01. The number of nitrogens with zero attached hydrogens (tertiary/aromatic N) is 4. The van der Waals surface area contributed by atoms with Gasteiger partial charge in [-0.1, -0.05) is 11.2 Å². The molecule has 146 valence electrons. The minimum absolute atomic E-state index is 0.0687. The van der Waals surface area contributed by atoms with Crippen molar-refractivity contribution >= 4 is 5.91 Å². The molecule has 0 amide bonds. The molecule has 28 heavy (non-hydrogen) atoms. The molecule has 0 aliphatic rings. The molecule has 0 fully saturated rings. The predicted molar refractivity (Wildman–Crippen MR) is 105 cm³/mol. The van der Waals surface area contributed by atoms with E-state index in [0.29, 0.717) is 30.2 Å². The summed E-state index contributed by atoms with van der Waals surface area (Å²) in [6.45, 7) is 6.50. The molecule has 2 aromatic heterocycles. The van der Waals surface area contributed by atoms with Crippen molar-refractivity contribution in [3.8, 4) is 17.1 Å². The maximum Gasteiger partial charge on any atom is 0.232 e. The molecular weight excluding hydrogens is 356 g/mol. The van der Waals surface area contributed by atoms with E-state index in [9.17, 15) is 4.79 Å². The average molecular weight is 380 g/mol. The van der Waals surface area contributed by atoms with Gasteiger partial charge in [-0.2, -0.15) is 4.98 Å². The van der Waals surface area contributed by atoms with E-state index in [1.807, 2.05) is 63.2 Å². The molecule has 0 N–H and O–H groups in total. The van der Waals surface area contributed by atoms with Gasteiger partial charge in [-0.3, -0.25) is 14.4 Å². The lowest BCUT2D eigenvalue weighted by atomic mass is 10.2. The van der Waals surface area contributed by atoms with Gasteiger partial charge in [0.15, 0.2) is 0 Å². The monoisotopic (exact) mass is 380 g/mol. The van der Waals surface area contributed by atoms with Crippen LogP contribution in [0.15, 0.2) is 58.2 Å². The van der Waals surface area contributed by atoms with E-state index in [2.05, 4.69) is 15.1 Å². The van der Waals surface area contributed by atoms with Gasteiger partial charge < -0.3 is 9.26 Å². The molecule has 0 bridgehead atoms. The molecule has 7 nitrogen and oxygen atoms in total. The quantitative estimate of drug-likeness (QED) is 0.626. The molecule has 0 aliphatic carbocycles. The van der Waals surface area contributed by atoms with Crippen molar-refractivity contribution in [2.24, 2.45) is 4.99 Å². The third-order valence-electron chi connectivity index (χ3n) is 3.94. The zero-order valence-corrected chi connectivity index (χ0v) is 16.3. The number of rotatable bonds is 7. The van der Waals surface area contributed by atoms with Gasteiger partial charge in [-0.05, 0) is 57.2 Å². The van der Waals surface area contributed by atoms with Gasteiger partial charge >= 0.3 is 0 Å². The van der Waals surface area contributed by atoms with Crippen LogP contribution in [0.2, 0.25) is 0 Å². The van der Waals surface area contributed by atoms with Crippen LogP contribution < -0.4 is 10.2 Å². The van der Waals surface area contributed by atoms with Crippen molar-refractivity contribution in [1.82, 2.24) is 14.7 Å². The van der Waals surface area contributed by atoms with Gasteiger partial charge in [-0.15, -0.1) is 0 Å². The van der Waals surface area contributed by atoms with Gasteiger partial charge in [0.2, 0.25) is 17.6 Å². The topological polar surface area (TPSA) is 82.5 Å². The van der Waals surface area contributed by atoms with E-state index in [0.717, 1.165) is 11.3 Å². The lowest BCUT2D eigenvalue weighted by molar-refractivity contribution is 0.0894. The molecule has 3 rings (SSSR count). The standard InChI is InChI=1S/C21H24N4O3/c1-4-27-17-10-8-16(9-11-17)21-23-19(28-24-21)12-13-20(26)25-14-6-5-7-18(25)22-15(2)3/h5-11,14-15H,4,12-13H2,1-3H3. The van der Waals surface area contributed by atoms with Crippen molar-refractivity contribution in [3.63, 3.8) is 0 Å². The first-order chi connectivity index (χ1) is 13.6. The Morgan fingerprint density at radius 1 is 1.21 bits per heavy atom. The number of aromatic nitrogens is 3. The zero-order chi connectivity index (χ0) is 19.9. The van der Waals surface area contributed by atoms with Crippen LogP contribution in [0.4, 0.5) is 0 Å². The summed E-state index contributed by atoms with van der Waals surface area (Å²) in [5.74, 6) is 1.65. The van der Waals surface area contributed by atoms with Crippen LogP contribution in [-0.4, -0.2) is 33.3 Å². The second-order valence-corrected chi connectivity index (χ2v) is 6.51. The van der Waals surface area contributed by atoms with E-state index < -0.39 is 0 Å². The van der Waals surface area contributed by atoms with Gasteiger partial charge in [0.1, 0.15) is 11.2 Å². The summed E-state index contributed by atoms with van der Waals surface area (Å²) < 4.78 is 12.3. The summed E-state index contributed by atoms with van der Waals surface area (Å²) in [5.41, 5.74) is 1.48. The second kappa shape index (κ2) is 9.12. The van der Waals surface area contributed by atoms with Crippen molar-refractivity contribution in [3.05, 3.63) is 60.0 Å². The lowest BCUT2D eigenvalue weighted by Gasteiger charge is -2.06. The van der Waals surface area contributed by atoms with Crippen molar-refractivity contribution in [2.75, 3.05) is 6.61 Å². The molecule has 0 spiro atoms. The second-order valence-electron chi connectivity index (χ2n) is 6.51. The molecule has 0 atom stereocenters. The summed E-state index contributed by atoms with van der Waals surface area (Å²) in [4.78, 5) is 21.5. The molecule has 0 saturated heterocycles. The van der Waals surface area contributed by atoms with E-state index in [-0.39, 0.29) is 18.4 Å². The van der Waals surface area contributed by atoms with Crippen LogP contribution in [-0.2, 0) is 6.42 Å². The minimum Gasteiger partial charge on any atom is -0.494 e. The highest BCUT2D eigenvalue weighted by Gasteiger charge is 2.12. The predicted octanol–water partition coefficient (Wildman–Crippen LogP) is 3.52. The maximum atomic E-state index is 12.6. The Morgan fingerprint density at radius 3 is 2.71 bits per heavy atom. The summed E-state index contributed by atoms with van der Waals surface area (Å²) in [6.07, 6.45) is 2.34. The number of benzene rings is 1. The van der Waals surface area contributed by atoms with Crippen molar-refractivity contribution in [1.29, 1.82) is 0 Å². The summed E-state index contributed by atoms with van der Waals surface area (Å²) >= 11 is 0. The first kappa shape index (κ1) is 19.5. The number of carbonyl (C=O) groups is 1. The minimum atomic E-state index is -0.0687. The van der Waals surface area contributed by atoms with Crippen LogP contribution in [0.1, 0.15) is 37.9 Å². The van der Waals surface area contributed by atoms with Gasteiger partial charge in [-0.25, -0.2) is 0 Å². The lowest BCUT2D eigenvalue weighted by Crippen LogP contribution is -2.27. The number of aryl methyl sites for hydroxylation is 1. The SMILES string of the molecule is CCOc1ccc(-c2noc(CCC(=O)n3ccccc3=NC(C)C)n2)cc1. The first-order valence-electron chi connectivity index (χ1n) is 9.37. The Morgan fingerprint density at radius 2 is 2.00 bits per heavy atom. The fraction of sp³-hybridized carbons (Fsp3) is 0.333. The summed E-state index contributed by atoms with van der Waals surface area (Å²) in [7, 11) is 0. The van der Waals surface area contributed by atoms with Crippen molar-refractivity contribution < 1.29 is 14.1 Å². The highest BCUT2D eigenvalue weighted by Crippen LogP contribution is 2.20. The molecule has 3 aromatic rings. The largest absolute Gasteiger partial charge is 0.494 e. The average Bonchev–Trinajstić information content (AvgIpc) is 3.16. The van der Waals surface area contributed by atoms with Gasteiger partial charge in [0.05, 0.1) is 6.61 Å². The van der Waals surface area contributed by atoms with Gasteiger partial charge in [0.25, 0.3) is 0 Å². The Kier molecular flexibility index (Phi) is 6.37. The van der Waals surface area contributed by atoms with Crippen LogP contribution in [0.25, 0.3) is 11.4 Å². The number of hydrogen-bond donors (Lipinski definition) is 0. The van der Waals surface area contributed by atoms with E-state index in [1.54, 1.807) is 10.8 Å². The third kappa shape index (κ3) is 4.94. The molecule has 0 saturated carbocycles. The normalized spacial score (nSPS) is 11.8. The highest BCUT2D eigenvalue weighted by atomic mass is 16.5. The van der Waals surface area contributed by atoms with Gasteiger partial charge in [0, 0.05) is 30.6 Å². The Hall–Kier alpha value is -3.22. The fourth-order valence-corrected chi connectivity index (χ4v) is 2.69. The molecule has 1 aromatic carbocycles. The smallest absolute Gasteiger partial charge is 0.232 e. The third-order valence-corrected chi connectivity index (χ3v) is 3.94. The van der Waals surface area contributed by atoms with Crippen LogP contribution in [0.5, 0.6) is 5.75 Å². The fourth-order valence-electron chi connectivity index (χ4n) is 2.69. The molecule has 0 unspecified atom stereocenters. The number of ether oxygens (including phenoxy) is 1. The Labute approximate surface area is 163 Å².